The van der Waals surface area contributed by atoms with Crippen LogP contribution in [0.15, 0.2) is 48.6 Å². The Morgan fingerprint density at radius 1 is 1.19 bits per heavy atom. The molecule has 1 amide bonds. The summed E-state index contributed by atoms with van der Waals surface area (Å²) < 4.78 is 51.6. The number of hydrogen-bond donors (Lipinski definition) is 2. The molecule has 10 nitrogen and oxygen atoms in total. The predicted molar refractivity (Wildman–Crippen MR) is 152 cm³/mol. The van der Waals surface area contributed by atoms with Crippen molar-refractivity contribution in [1.29, 1.82) is 0 Å². The van der Waals surface area contributed by atoms with Gasteiger partial charge in [0.05, 0.1) is 61.5 Å². The summed E-state index contributed by atoms with van der Waals surface area (Å²) >= 11 is 5.94. The van der Waals surface area contributed by atoms with E-state index in [4.69, 9.17) is 30.5 Å². The van der Waals surface area contributed by atoms with Gasteiger partial charge >= 0.3 is 0 Å². The van der Waals surface area contributed by atoms with Crippen LogP contribution in [-0.4, -0.2) is 85.7 Å². The molecule has 4 heterocycles. The van der Waals surface area contributed by atoms with Gasteiger partial charge in [0.25, 0.3) is 5.91 Å². The summed E-state index contributed by atoms with van der Waals surface area (Å²) in [6.45, 7) is 5.99. The number of hydrogen-bond acceptors (Lipinski definition) is 9. The molecule has 222 valence electrons. The van der Waals surface area contributed by atoms with Crippen molar-refractivity contribution in [3.8, 4) is 5.75 Å². The van der Waals surface area contributed by atoms with Crippen LogP contribution in [0.25, 0.3) is 10.9 Å². The summed E-state index contributed by atoms with van der Waals surface area (Å²) in [5.74, 6) is -1.70. The Morgan fingerprint density at radius 3 is 2.64 bits per heavy atom. The first-order valence-corrected chi connectivity index (χ1v) is 14.0. The van der Waals surface area contributed by atoms with Gasteiger partial charge in [0.2, 0.25) is 0 Å². The second-order valence-electron chi connectivity index (χ2n) is 11.0. The Kier molecular flexibility index (Phi) is 8.24. The number of carbonyl (C=O) groups is 1. The molecule has 0 saturated carbocycles. The smallest absolute Gasteiger partial charge is 0.284 e. The van der Waals surface area contributed by atoms with E-state index in [1.165, 1.54) is 30.6 Å². The minimum Gasteiger partial charge on any atom is -0.491 e. The summed E-state index contributed by atoms with van der Waals surface area (Å²) in [6.07, 6.45) is 2.53. The maximum absolute atomic E-state index is 15.1. The van der Waals surface area contributed by atoms with Crippen molar-refractivity contribution >= 4 is 45.6 Å². The number of rotatable bonds is 9. The topological polar surface area (TPSA) is 107 Å². The van der Waals surface area contributed by atoms with E-state index in [1.807, 2.05) is 11.8 Å². The zero-order valence-electron chi connectivity index (χ0n) is 22.9. The predicted octanol–water partition coefficient (Wildman–Crippen LogP) is 4.47. The van der Waals surface area contributed by atoms with Gasteiger partial charge in [0.1, 0.15) is 23.7 Å². The number of ether oxygens (including phenoxy) is 4. The van der Waals surface area contributed by atoms with Gasteiger partial charge in [-0.05, 0) is 30.3 Å². The lowest BCUT2D eigenvalue weighted by atomic mass is 9.90. The van der Waals surface area contributed by atoms with Crippen molar-refractivity contribution < 1.29 is 32.5 Å². The number of nitrogens with zero attached hydrogens (tertiary/aromatic N) is 3. The third-order valence-corrected chi connectivity index (χ3v) is 7.72. The number of nitrogens with one attached hydrogen (secondary N) is 2. The fraction of sp³-hybridized carbons (Fsp3) is 0.414. The van der Waals surface area contributed by atoms with Crippen molar-refractivity contribution in [2.45, 2.75) is 19.1 Å². The second kappa shape index (κ2) is 12.1. The molecule has 3 aliphatic heterocycles. The number of carbonyl (C=O) groups excluding carboxylic acids is 1. The Morgan fingerprint density at radius 2 is 1.95 bits per heavy atom. The number of halogens is 3. The van der Waals surface area contributed by atoms with Crippen molar-refractivity contribution in [1.82, 2.24) is 14.9 Å². The summed E-state index contributed by atoms with van der Waals surface area (Å²) in [6, 6.07) is 7.46. The highest BCUT2D eigenvalue weighted by Crippen LogP contribution is 2.36. The molecule has 2 aromatic carbocycles. The molecule has 0 unspecified atom stereocenters. The van der Waals surface area contributed by atoms with E-state index in [2.05, 4.69) is 20.6 Å². The average Bonchev–Trinajstić information content (AvgIpc) is 3.39. The van der Waals surface area contributed by atoms with E-state index in [1.54, 1.807) is 12.1 Å². The first-order chi connectivity index (χ1) is 20.3. The molecule has 3 saturated heterocycles. The van der Waals surface area contributed by atoms with Gasteiger partial charge in [-0.15, -0.1) is 0 Å². The maximum Gasteiger partial charge on any atom is 0.284 e. The highest BCUT2D eigenvalue weighted by Gasteiger charge is 2.36. The molecule has 6 rings (SSSR count). The molecule has 0 radical (unpaired) electrons. The summed E-state index contributed by atoms with van der Waals surface area (Å²) in [5, 5.41) is 6.21. The molecule has 0 spiro atoms. The van der Waals surface area contributed by atoms with Crippen LogP contribution < -0.4 is 15.4 Å². The van der Waals surface area contributed by atoms with E-state index in [0.29, 0.717) is 74.3 Å². The minimum atomic E-state index is -0.930. The first-order valence-electron chi connectivity index (χ1n) is 13.6. The maximum atomic E-state index is 15.1. The van der Waals surface area contributed by atoms with Crippen molar-refractivity contribution in [3.63, 3.8) is 0 Å². The monoisotopic (exact) mass is 601 g/mol. The van der Waals surface area contributed by atoms with E-state index in [0.717, 1.165) is 0 Å². The molecule has 3 aromatic rings. The molecule has 0 aliphatic carbocycles. The highest BCUT2D eigenvalue weighted by molar-refractivity contribution is 6.31. The van der Waals surface area contributed by atoms with Crippen molar-refractivity contribution in [3.05, 3.63) is 59.4 Å². The Hall–Kier alpha value is -3.42. The zero-order chi connectivity index (χ0) is 29.3. The van der Waals surface area contributed by atoms with Crippen LogP contribution in [0.3, 0.4) is 0 Å². The molecule has 3 fully saturated rings. The lowest BCUT2D eigenvalue weighted by Gasteiger charge is -2.37. The second-order valence-corrected chi connectivity index (χ2v) is 11.4. The number of fused-ring (bicyclic) bond motifs is 2. The van der Waals surface area contributed by atoms with E-state index < -0.39 is 17.6 Å². The third kappa shape index (κ3) is 6.32. The number of anilines is 3. The minimum absolute atomic E-state index is 0.0415. The third-order valence-electron chi connectivity index (χ3n) is 7.43. The Bertz CT molecular complexity index is 1510. The Balaban J connectivity index is 1.24. The Labute approximate surface area is 245 Å². The summed E-state index contributed by atoms with van der Waals surface area (Å²) in [4.78, 5) is 23.6. The van der Waals surface area contributed by atoms with Gasteiger partial charge in [-0.3, -0.25) is 9.69 Å². The van der Waals surface area contributed by atoms with Crippen LogP contribution in [0.5, 0.6) is 5.75 Å². The quantitative estimate of drug-likeness (QED) is 0.344. The molecule has 0 bridgehead atoms. The van der Waals surface area contributed by atoms with Crippen LogP contribution in [0.4, 0.5) is 26.0 Å². The van der Waals surface area contributed by atoms with Gasteiger partial charge in [0.15, 0.2) is 5.83 Å². The van der Waals surface area contributed by atoms with Crippen LogP contribution in [0, 0.1) is 11.2 Å². The first kappa shape index (κ1) is 28.7. The number of likely N-dealkylation sites (tertiary alicyclic amines) is 1. The fourth-order valence-corrected chi connectivity index (χ4v) is 5.25. The fourth-order valence-electron chi connectivity index (χ4n) is 5.07. The summed E-state index contributed by atoms with van der Waals surface area (Å²) in [7, 11) is 0. The van der Waals surface area contributed by atoms with Gasteiger partial charge in [-0.25, -0.2) is 18.7 Å². The highest BCUT2D eigenvalue weighted by atomic mass is 35.5. The zero-order valence-corrected chi connectivity index (χ0v) is 23.6. The van der Waals surface area contributed by atoms with Gasteiger partial charge in [-0.1, -0.05) is 18.5 Å². The van der Waals surface area contributed by atoms with Crippen LogP contribution in [0.2, 0.25) is 5.02 Å². The molecular formula is C29H30ClF2N5O5. The van der Waals surface area contributed by atoms with E-state index >= 15 is 4.39 Å². The largest absolute Gasteiger partial charge is 0.491 e. The van der Waals surface area contributed by atoms with Crippen LogP contribution in [0.1, 0.15) is 6.92 Å². The lowest BCUT2D eigenvalue weighted by Crippen LogP contribution is -2.44. The molecule has 1 aromatic heterocycles. The van der Waals surface area contributed by atoms with Gasteiger partial charge in [-0.2, -0.15) is 0 Å². The molecular weight excluding hydrogens is 572 g/mol. The molecule has 13 heteroatoms. The number of benzene rings is 2. The van der Waals surface area contributed by atoms with Gasteiger partial charge in [0, 0.05) is 42.2 Å². The van der Waals surface area contributed by atoms with Gasteiger partial charge < -0.3 is 29.6 Å². The SMILES string of the molecule is CC1(COc2cc3ncnc(Nc4ccc(F)c(Cl)c4)c3cc2NC(=O)/C(F)=C\CN2C[C@@H]3OCCO[C@@H]3C2)COC1. The van der Waals surface area contributed by atoms with Crippen molar-refractivity contribution in [2.75, 3.05) is 63.3 Å². The van der Waals surface area contributed by atoms with Crippen LogP contribution >= 0.6 is 11.6 Å². The normalized spacial score (nSPS) is 22.0. The average molecular weight is 602 g/mol. The molecule has 2 atom stereocenters. The van der Waals surface area contributed by atoms with E-state index in [-0.39, 0.29) is 34.9 Å². The number of aromatic nitrogens is 2. The number of amides is 1. The molecule has 2 N–H and O–H groups in total. The summed E-state index contributed by atoms with van der Waals surface area (Å²) in [5.41, 5.74) is 1.07. The van der Waals surface area contributed by atoms with Crippen molar-refractivity contribution in [2.24, 2.45) is 5.41 Å². The lowest BCUT2D eigenvalue weighted by molar-refractivity contribution is -0.120. The van der Waals surface area contributed by atoms with E-state index in [9.17, 15) is 9.18 Å². The standard InChI is InChI=1S/C29H30ClF2N5O5/c1-29(13-39-14-29)15-42-24-10-22-18(27(34-16-33-22)35-17-2-3-20(31)19(30)8-17)9-23(24)36-28(38)21(32)4-5-37-11-25-26(12-37)41-7-6-40-25/h2-4,8-10,16,25-26H,5-7,11-15H2,1H3,(H,36,38)(H,33,34,35)/b21-4+/t25-,26+. The van der Waals surface area contributed by atoms with Crippen LogP contribution in [-0.2, 0) is 19.0 Å². The molecule has 42 heavy (non-hydrogen) atoms. The molecule has 3 aliphatic rings.